The van der Waals surface area contributed by atoms with E-state index in [4.69, 9.17) is 5.73 Å². The van der Waals surface area contributed by atoms with Crippen LogP contribution in [0.3, 0.4) is 0 Å². The van der Waals surface area contributed by atoms with Gasteiger partial charge in [0.25, 0.3) is 0 Å². The number of benzene rings is 2. The molecule has 5 nitrogen and oxygen atoms in total. The third-order valence-electron chi connectivity index (χ3n) is 4.41. The normalized spacial score (nSPS) is 20.4. The molecule has 6 heteroatoms. The number of hydrogen-bond acceptors (Lipinski definition) is 6. The van der Waals surface area contributed by atoms with Gasteiger partial charge < -0.3 is 20.8 Å². The molecule has 0 aliphatic carbocycles. The number of nitrogen functional groups attached to an aromatic ring is 1. The first-order chi connectivity index (χ1) is 12.0. The predicted molar refractivity (Wildman–Crippen MR) is 101 cm³/mol. The van der Waals surface area contributed by atoms with Gasteiger partial charge in [0.2, 0.25) is 0 Å². The monoisotopic (exact) mass is 353 g/mol. The maximum absolute atomic E-state index is 10.6. The van der Waals surface area contributed by atoms with Crippen molar-refractivity contribution in [3.63, 3.8) is 0 Å². The minimum atomic E-state index is -1.08. The third kappa shape index (κ3) is 2.93. The fraction of sp³-hybridized carbons (Fsp3) is 0.211. The zero-order valence-electron chi connectivity index (χ0n) is 13.8. The summed E-state index contributed by atoms with van der Waals surface area (Å²) < 4.78 is 0. The van der Waals surface area contributed by atoms with Crippen molar-refractivity contribution in [2.75, 3.05) is 10.6 Å². The van der Waals surface area contributed by atoms with Crippen LogP contribution in [0.15, 0.2) is 53.4 Å². The van der Waals surface area contributed by atoms with Crippen LogP contribution >= 0.6 is 11.8 Å². The number of nitrogens with zero attached hydrogens (tertiary/aromatic N) is 2. The number of thioether (sulfide) groups is 1. The van der Waals surface area contributed by atoms with Crippen molar-refractivity contribution in [3.05, 3.63) is 59.7 Å². The molecule has 0 amide bonds. The average molecular weight is 353 g/mol. The first-order valence-corrected chi connectivity index (χ1v) is 8.95. The number of aliphatic hydroxyl groups is 2. The van der Waals surface area contributed by atoms with Crippen LogP contribution in [0.2, 0.25) is 0 Å². The Bertz CT molecular complexity index is 947. The number of pyridine rings is 1. The first-order valence-electron chi connectivity index (χ1n) is 8.07. The number of fused-ring (bicyclic) bond motifs is 2. The Kier molecular flexibility index (Phi) is 4.03. The van der Waals surface area contributed by atoms with Crippen LogP contribution in [0.1, 0.15) is 11.1 Å². The lowest BCUT2D eigenvalue weighted by Crippen LogP contribution is -2.41. The molecule has 1 aromatic heterocycles. The molecule has 3 aromatic rings. The minimum Gasteiger partial charge on any atom is -0.398 e. The van der Waals surface area contributed by atoms with Gasteiger partial charge in [-0.3, -0.25) is 0 Å². The molecule has 2 atom stereocenters. The van der Waals surface area contributed by atoms with Crippen LogP contribution in [0, 0.1) is 6.92 Å². The topological polar surface area (TPSA) is 82.6 Å². The van der Waals surface area contributed by atoms with Gasteiger partial charge in [-0.2, -0.15) is 0 Å². The summed E-state index contributed by atoms with van der Waals surface area (Å²) in [6.45, 7) is 2.46. The summed E-state index contributed by atoms with van der Waals surface area (Å²) in [6.07, 6.45) is -1.08. The van der Waals surface area contributed by atoms with Crippen molar-refractivity contribution in [1.82, 2.24) is 4.98 Å². The largest absolute Gasteiger partial charge is 0.398 e. The molecule has 2 unspecified atom stereocenters. The van der Waals surface area contributed by atoms with E-state index < -0.39 is 11.7 Å². The van der Waals surface area contributed by atoms with Crippen molar-refractivity contribution in [2.45, 2.75) is 30.0 Å². The molecular formula is C19H19N3O2S. The van der Waals surface area contributed by atoms with Gasteiger partial charge in [-0.05, 0) is 30.7 Å². The smallest absolute Gasteiger partial charge is 0.164 e. The van der Waals surface area contributed by atoms with E-state index in [0.717, 1.165) is 26.9 Å². The second-order valence-electron chi connectivity index (χ2n) is 6.25. The Morgan fingerprint density at radius 1 is 1.16 bits per heavy atom. The summed E-state index contributed by atoms with van der Waals surface area (Å²) in [7, 11) is 0. The second-order valence-corrected chi connectivity index (χ2v) is 7.41. The van der Waals surface area contributed by atoms with Crippen LogP contribution in [0.25, 0.3) is 10.9 Å². The lowest BCUT2D eigenvalue weighted by atomic mass is 10.1. The average Bonchev–Trinajstić information content (AvgIpc) is 2.72. The number of aliphatic hydroxyl groups excluding tert-OH is 2. The van der Waals surface area contributed by atoms with E-state index in [-0.39, 0.29) is 0 Å². The fourth-order valence-electron chi connectivity index (χ4n) is 3.09. The van der Waals surface area contributed by atoms with E-state index in [1.807, 2.05) is 49.4 Å². The first kappa shape index (κ1) is 16.2. The van der Waals surface area contributed by atoms with E-state index >= 15 is 0 Å². The third-order valence-corrected chi connectivity index (χ3v) is 5.55. The molecule has 0 radical (unpaired) electrons. The van der Waals surface area contributed by atoms with Gasteiger partial charge in [0, 0.05) is 28.6 Å². The Labute approximate surface area is 150 Å². The number of rotatable bonds is 1. The number of nitrogens with two attached hydrogens (primary N) is 1. The highest BCUT2D eigenvalue weighted by Gasteiger charge is 2.30. The molecule has 0 saturated carbocycles. The molecule has 1 aliphatic rings. The van der Waals surface area contributed by atoms with E-state index in [0.29, 0.717) is 18.1 Å². The van der Waals surface area contributed by atoms with Gasteiger partial charge in [-0.25, -0.2) is 4.98 Å². The van der Waals surface area contributed by atoms with Crippen LogP contribution in [-0.4, -0.2) is 26.9 Å². The van der Waals surface area contributed by atoms with Gasteiger partial charge in [0.15, 0.2) is 6.23 Å². The molecule has 128 valence electrons. The van der Waals surface area contributed by atoms with Crippen LogP contribution in [0.5, 0.6) is 0 Å². The van der Waals surface area contributed by atoms with Crippen LogP contribution in [-0.2, 0) is 6.54 Å². The van der Waals surface area contributed by atoms with Crippen molar-refractivity contribution >= 4 is 34.2 Å². The molecule has 0 saturated heterocycles. The van der Waals surface area contributed by atoms with Crippen molar-refractivity contribution in [2.24, 2.45) is 0 Å². The number of anilines is 2. The highest BCUT2D eigenvalue weighted by molar-refractivity contribution is 7.99. The summed E-state index contributed by atoms with van der Waals surface area (Å²) >= 11 is 1.25. The summed E-state index contributed by atoms with van der Waals surface area (Å²) in [6, 6.07) is 15.5. The zero-order valence-corrected chi connectivity index (χ0v) is 14.6. The number of hydrogen-bond donors (Lipinski definition) is 3. The molecule has 4 rings (SSSR count). The van der Waals surface area contributed by atoms with Crippen molar-refractivity contribution in [3.8, 4) is 0 Å². The standard InChI is InChI=1S/C19H19N3O2S/c1-11-6-7-15-13(8-11)14(20)9-17(21-15)22-10-12-4-2-3-5-16(12)25-19(24)18(22)23/h2-9,18-19,23-24H,10H2,1H3,(H2,20,21). The van der Waals surface area contributed by atoms with Crippen molar-refractivity contribution in [1.29, 1.82) is 0 Å². The molecule has 1 aliphatic heterocycles. The molecule has 2 aromatic carbocycles. The number of aryl methyl sites for hydroxylation is 1. The highest BCUT2D eigenvalue weighted by Crippen LogP contribution is 2.36. The lowest BCUT2D eigenvalue weighted by Gasteiger charge is -2.29. The molecule has 25 heavy (non-hydrogen) atoms. The maximum Gasteiger partial charge on any atom is 0.164 e. The van der Waals surface area contributed by atoms with Crippen LogP contribution < -0.4 is 10.6 Å². The molecular weight excluding hydrogens is 334 g/mol. The van der Waals surface area contributed by atoms with E-state index in [1.54, 1.807) is 11.0 Å². The number of aromatic nitrogens is 1. The van der Waals surface area contributed by atoms with Gasteiger partial charge in [-0.1, -0.05) is 41.6 Å². The van der Waals surface area contributed by atoms with Gasteiger partial charge in [-0.15, -0.1) is 0 Å². The SMILES string of the molecule is Cc1ccc2nc(N3Cc4ccccc4SC(O)C3O)cc(N)c2c1. The highest BCUT2D eigenvalue weighted by atomic mass is 32.2. The van der Waals surface area contributed by atoms with Gasteiger partial charge in [0.05, 0.1) is 5.52 Å². The summed E-state index contributed by atoms with van der Waals surface area (Å²) in [4.78, 5) is 7.32. The summed E-state index contributed by atoms with van der Waals surface area (Å²) in [5.74, 6) is 0.553. The van der Waals surface area contributed by atoms with Gasteiger partial charge in [0.1, 0.15) is 11.3 Å². The lowest BCUT2D eigenvalue weighted by molar-refractivity contribution is 0.0699. The van der Waals surface area contributed by atoms with Gasteiger partial charge >= 0.3 is 0 Å². The van der Waals surface area contributed by atoms with Crippen molar-refractivity contribution < 1.29 is 10.2 Å². The van der Waals surface area contributed by atoms with E-state index in [2.05, 4.69) is 4.98 Å². The molecule has 2 heterocycles. The molecule has 0 fully saturated rings. The summed E-state index contributed by atoms with van der Waals surface area (Å²) in [5.41, 5.74) is 8.79. The Hall–Kier alpha value is -2.28. The molecule has 0 bridgehead atoms. The Balaban J connectivity index is 1.82. The predicted octanol–water partition coefficient (Wildman–Crippen LogP) is 2.87. The minimum absolute atomic E-state index is 0.450. The second kappa shape index (κ2) is 6.22. The zero-order chi connectivity index (χ0) is 17.6. The molecule has 4 N–H and O–H groups in total. The van der Waals surface area contributed by atoms with E-state index in [1.165, 1.54) is 11.8 Å². The summed E-state index contributed by atoms with van der Waals surface area (Å²) in [5, 5.41) is 21.9. The Morgan fingerprint density at radius 2 is 1.96 bits per heavy atom. The fourth-order valence-corrected chi connectivity index (χ4v) is 4.06. The quantitative estimate of drug-likeness (QED) is 0.624. The van der Waals surface area contributed by atoms with E-state index in [9.17, 15) is 10.2 Å². The Morgan fingerprint density at radius 3 is 2.80 bits per heavy atom. The maximum atomic E-state index is 10.6. The van der Waals surface area contributed by atoms with Crippen LogP contribution in [0.4, 0.5) is 11.5 Å². The molecule has 0 spiro atoms.